The molecule has 0 saturated heterocycles. The van der Waals surface area contributed by atoms with Crippen molar-refractivity contribution >= 4 is 15.9 Å². The predicted octanol–water partition coefficient (Wildman–Crippen LogP) is 4.45. The lowest BCUT2D eigenvalue weighted by Crippen LogP contribution is -2.04. The quantitative estimate of drug-likeness (QED) is 0.693. The fourth-order valence-electron chi connectivity index (χ4n) is 2.22. The molecule has 0 bridgehead atoms. The minimum Gasteiger partial charge on any atom is -0.0586 e. The maximum Gasteiger partial charge on any atom is 0.0212 e. The summed E-state index contributed by atoms with van der Waals surface area (Å²) in [6, 6.07) is 4.74. The van der Waals surface area contributed by atoms with E-state index in [2.05, 4.69) is 41.9 Å². The summed E-state index contributed by atoms with van der Waals surface area (Å²) in [6.45, 7) is 4.52. The highest BCUT2D eigenvalue weighted by molar-refractivity contribution is 9.10. The van der Waals surface area contributed by atoms with Gasteiger partial charge in [-0.15, -0.1) is 0 Å². The van der Waals surface area contributed by atoms with Gasteiger partial charge in [0.25, 0.3) is 0 Å². The first-order valence-corrected chi connectivity index (χ1v) is 6.29. The van der Waals surface area contributed by atoms with Crippen LogP contribution in [0, 0.1) is 0 Å². The molecule has 1 aliphatic rings. The summed E-state index contributed by atoms with van der Waals surface area (Å²) in [5.74, 6) is 0.622. The highest BCUT2D eigenvalue weighted by atomic mass is 79.9. The second-order valence-corrected chi connectivity index (χ2v) is 5.36. The molecule has 1 aromatic carbocycles. The Morgan fingerprint density at radius 3 is 2.21 bits per heavy atom. The molecule has 0 saturated carbocycles. The average molecular weight is 253 g/mol. The van der Waals surface area contributed by atoms with Gasteiger partial charge < -0.3 is 0 Å². The van der Waals surface area contributed by atoms with Crippen molar-refractivity contribution in [1.82, 2.24) is 0 Å². The molecule has 0 atom stereocenters. The van der Waals surface area contributed by atoms with Crippen LogP contribution in [0.5, 0.6) is 0 Å². The standard InChI is InChI=1S/C13H17Br/c1-9(2)12-7-10-5-3-4-6-11(10)8-13(12)14/h7-9H,3-6H2,1-2H3. The normalized spacial score (nSPS) is 15.7. The molecule has 0 aromatic heterocycles. The maximum atomic E-state index is 3.68. The molecule has 0 N–H and O–H groups in total. The first-order valence-electron chi connectivity index (χ1n) is 5.49. The van der Waals surface area contributed by atoms with Crippen LogP contribution in [-0.4, -0.2) is 0 Å². The summed E-state index contributed by atoms with van der Waals surface area (Å²) in [7, 11) is 0. The highest BCUT2D eigenvalue weighted by Gasteiger charge is 2.13. The molecular weight excluding hydrogens is 236 g/mol. The Hall–Kier alpha value is -0.300. The number of fused-ring (bicyclic) bond motifs is 1. The largest absolute Gasteiger partial charge is 0.0586 e. The van der Waals surface area contributed by atoms with E-state index in [1.807, 2.05) is 0 Å². The molecule has 1 aromatic rings. The van der Waals surface area contributed by atoms with Crippen LogP contribution in [0.3, 0.4) is 0 Å². The van der Waals surface area contributed by atoms with Crippen LogP contribution in [0.1, 0.15) is 49.3 Å². The van der Waals surface area contributed by atoms with E-state index in [9.17, 15) is 0 Å². The Balaban J connectivity index is 2.45. The molecule has 14 heavy (non-hydrogen) atoms. The molecule has 0 unspecified atom stereocenters. The number of rotatable bonds is 1. The predicted molar refractivity (Wildman–Crippen MR) is 64.9 cm³/mol. The lowest BCUT2D eigenvalue weighted by Gasteiger charge is -2.19. The smallest absolute Gasteiger partial charge is 0.0212 e. The van der Waals surface area contributed by atoms with Gasteiger partial charge in [-0.3, -0.25) is 0 Å². The molecule has 76 valence electrons. The van der Waals surface area contributed by atoms with E-state index in [-0.39, 0.29) is 0 Å². The third kappa shape index (κ3) is 1.88. The Labute approximate surface area is 94.8 Å². The van der Waals surface area contributed by atoms with Crippen LogP contribution in [-0.2, 0) is 12.8 Å². The van der Waals surface area contributed by atoms with Crippen molar-refractivity contribution in [1.29, 1.82) is 0 Å². The van der Waals surface area contributed by atoms with Gasteiger partial charge in [0.1, 0.15) is 0 Å². The number of benzene rings is 1. The van der Waals surface area contributed by atoms with Gasteiger partial charge in [0.2, 0.25) is 0 Å². The third-order valence-electron chi connectivity index (χ3n) is 3.08. The molecule has 0 amide bonds. The second kappa shape index (κ2) is 4.06. The van der Waals surface area contributed by atoms with E-state index >= 15 is 0 Å². The Morgan fingerprint density at radius 1 is 1.07 bits per heavy atom. The van der Waals surface area contributed by atoms with Crippen molar-refractivity contribution in [3.05, 3.63) is 33.3 Å². The van der Waals surface area contributed by atoms with Gasteiger partial charge >= 0.3 is 0 Å². The lowest BCUT2D eigenvalue weighted by atomic mass is 9.88. The molecular formula is C13H17Br. The summed E-state index contributed by atoms with van der Waals surface area (Å²) in [5.41, 5.74) is 4.61. The molecule has 0 aliphatic heterocycles. The van der Waals surface area contributed by atoms with Gasteiger partial charge in [-0.25, -0.2) is 0 Å². The van der Waals surface area contributed by atoms with Crippen LogP contribution >= 0.6 is 15.9 Å². The van der Waals surface area contributed by atoms with Crippen LogP contribution in [0.15, 0.2) is 16.6 Å². The summed E-state index contributed by atoms with van der Waals surface area (Å²) >= 11 is 3.68. The highest BCUT2D eigenvalue weighted by Crippen LogP contribution is 2.31. The van der Waals surface area contributed by atoms with E-state index in [1.54, 1.807) is 11.1 Å². The molecule has 1 aliphatic carbocycles. The SMILES string of the molecule is CC(C)c1cc2c(cc1Br)CCCC2. The zero-order valence-corrected chi connectivity index (χ0v) is 10.5. The molecule has 0 spiro atoms. The average Bonchev–Trinajstić information content (AvgIpc) is 2.16. The summed E-state index contributed by atoms with van der Waals surface area (Å²) in [4.78, 5) is 0. The minimum absolute atomic E-state index is 0.622. The Bertz CT molecular complexity index is 339. The van der Waals surface area contributed by atoms with E-state index < -0.39 is 0 Å². The first-order chi connectivity index (χ1) is 6.68. The number of hydrogen-bond acceptors (Lipinski definition) is 0. The van der Waals surface area contributed by atoms with E-state index in [0.29, 0.717) is 5.92 Å². The van der Waals surface area contributed by atoms with Gasteiger partial charge in [-0.05, 0) is 54.4 Å². The maximum absolute atomic E-state index is 3.68. The summed E-state index contributed by atoms with van der Waals surface area (Å²) in [5, 5.41) is 0. The van der Waals surface area contributed by atoms with Gasteiger partial charge in [0.05, 0.1) is 0 Å². The zero-order valence-electron chi connectivity index (χ0n) is 8.94. The number of aryl methyl sites for hydroxylation is 2. The van der Waals surface area contributed by atoms with Gasteiger partial charge in [0.15, 0.2) is 0 Å². The summed E-state index contributed by atoms with van der Waals surface area (Å²) < 4.78 is 1.30. The topological polar surface area (TPSA) is 0 Å². The van der Waals surface area contributed by atoms with Crippen molar-refractivity contribution in [2.24, 2.45) is 0 Å². The van der Waals surface area contributed by atoms with Gasteiger partial charge in [-0.1, -0.05) is 35.8 Å². The van der Waals surface area contributed by atoms with Crippen molar-refractivity contribution in [2.45, 2.75) is 45.4 Å². The van der Waals surface area contributed by atoms with Crippen LogP contribution < -0.4 is 0 Å². The molecule has 0 nitrogen and oxygen atoms in total. The van der Waals surface area contributed by atoms with Gasteiger partial charge in [-0.2, -0.15) is 0 Å². The summed E-state index contributed by atoms with van der Waals surface area (Å²) in [6.07, 6.45) is 5.28. The molecule has 0 radical (unpaired) electrons. The van der Waals surface area contributed by atoms with Crippen molar-refractivity contribution in [3.8, 4) is 0 Å². The third-order valence-corrected chi connectivity index (χ3v) is 3.77. The molecule has 0 fully saturated rings. The zero-order chi connectivity index (χ0) is 10.1. The molecule has 0 heterocycles. The van der Waals surface area contributed by atoms with Crippen molar-refractivity contribution in [3.63, 3.8) is 0 Å². The fourth-order valence-corrected chi connectivity index (χ4v) is 3.07. The van der Waals surface area contributed by atoms with E-state index in [0.717, 1.165) is 0 Å². The van der Waals surface area contributed by atoms with Gasteiger partial charge in [0, 0.05) is 4.47 Å². The second-order valence-electron chi connectivity index (χ2n) is 4.50. The first kappa shape index (κ1) is 10.2. The van der Waals surface area contributed by atoms with E-state index in [4.69, 9.17) is 0 Å². The monoisotopic (exact) mass is 252 g/mol. The Kier molecular flexibility index (Phi) is 2.96. The number of halogens is 1. The fraction of sp³-hybridized carbons (Fsp3) is 0.538. The Morgan fingerprint density at radius 2 is 1.64 bits per heavy atom. The van der Waals surface area contributed by atoms with Crippen LogP contribution in [0.25, 0.3) is 0 Å². The van der Waals surface area contributed by atoms with Crippen LogP contribution in [0.2, 0.25) is 0 Å². The lowest BCUT2D eigenvalue weighted by molar-refractivity contribution is 0.681. The van der Waals surface area contributed by atoms with Crippen molar-refractivity contribution in [2.75, 3.05) is 0 Å². The van der Waals surface area contributed by atoms with Crippen molar-refractivity contribution < 1.29 is 0 Å². The number of hydrogen-bond donors (Lipinski definition) is 0. The minimum atomic E-state index is 0.622. The van der Waals surface area contributed by atoms with Crippen LogP contribution in [0.4, 0.5) is 0 Å². The molecule has 1 heteroatoms. The van der Waals surface area contributed by atoms with E-state index in [1.165, 1.54) is 35.7 Å². The molecule has 2 rings (SSSR count).